The molecular weight excluding hydrogens is 506 g/mol. The Balaban J connectivity index is 3.62. The molecule has 1 amide bonds. The Hall–Kier alpha value is -2.21. The fraction of sp³-hybridized carbons (Fsp3) is 0.704. The van der Waals surface area contributed by atoms with Crippen molar-refractivity contribution in [2.24, 2.45) is 0 Å². The summed E-state index contributed by atoms with van der Waals surface area (Å²) in [6, 6.07) is 2.39. The molecule has 0 unspecified atom stereocenters. The molecule has 2 N–H and O–H groups in total. The number of carbonyl (C=O) groups excluding carboxylic acids is 1. The van der Waals surface area contributed by atoms with Crippen LogP contribution >= 0.6 is 0 Å². The van der Waals surface area contributed by atoms with Crippen molar-refractivity contribution >= 4 is 28.7 Å². The molecule has 0 fully saturated rings. The third-order valence-electron chi connectivity index (χ3n) is 7.06. The van der Waals surface area contributed by atoms with E-state index in [4.69, 9.17) is 18.3 Å². The number of ether oxygens (including phenoxy) is 2. The summed E-state index contributed by atoms with van der Waals surface area (Å²) in [5, 5.41) is 12.2. The van der Waals surface area contributed by atoms with Gasteiger partial charge in [0.1, 0.15) is 11.6 Å². The Morgan fingerprint density at radius 1 is 0.865 bits per heavy atom. The van der Waals surface area contributed by atoms with Gasteiger partial charge in [0.05, 0.1) is 7.11 Å². The minimum atomic E-state index is -2.28. The van der Waals surface area contributed by atoms with Crippen molar-refractivity contribution in [1.82, 2.24) is 5.32 Å². The van der Waals surface area contributed by atoms with Gasteiger partial charge >= 0.3 is 12.1 Å². The van der Waals surface area contributed by atoms with Crippen molar-refractivity contribution in [2.45, 2.75) is 117 Å². The van der Waals surface area contributed by atoms with Gasteiger partial charge in [0.15, 0.2) is 11.5 Å². The van der Waals surface area contributed by atoms with Crippen LogP contribution in [0.15, 0.2) is 12.1 Å². The Kier molecular flexibility index (Phi) is 10.00. The predicted octanol–water partition coefficient (Wildman–Crippen LogP) is 6.98. The molecule has 0 bridgehead atoms. The molecule has 0 heterocycles. The van der Waals surface area contributed by atoms with Gasteiger partial charge in [-0.15, -0.1) is 0 Å². The fourth-order valence-electron chi connectivity index (χ4n) is 2.84. The number of amides is 1. The molecule has 37 heavy (non-hydrogen) atoms. The number of carbonyl (C=O) groups is 2. The van der Waals surface area contributed by atoms with Gasteiger partial charge in [0.2, 0.25) is 5.75 Å². The van der Waals surface area contributed by atoms with Crippen LogP contribution in [0.1, 0.15) is 67.9 Å². The third kappa shape index (κ3) is 9.24. The SMILES string of the molecule is COc1c(O[Si](C)(C)C(C)(C)C)cc(C[C@H](NC(=O)OC(C)(C)C)C(=O)O)cc1O[Si](C)(C)C(C)(C)C. The van der Waals surface area contributed by atoms with E-state index in [0.717, 1.165) is 0 Å². The molecule has 0 aliphatic rings. The molecule has 0 saturated carbocycles. The first-order valence-corrected chi connectivity index (χ1v) is 18.5. The topological polar surface area (TPSA) is 103 Å². The molecule has 1 atom stereocenters. The zero-order chi connectivity index (χ0) is 29.2. The summed E-state index contributed by atoms with van der Waals surface area (Å²) in [5.74, 6) is 0.356. The summed E-state index contributed by atoms with van der Waals surface area (Å²) in [6.07, 6.45) is -0.774. The quantitative estimate of drug-likeness (QED) is 0.317. The van der Waals surface area contributed by atoms with Crippen molar-refractivity contribution in [3.05, 3.63) is 17.7 Å². The van der Waals surface area contributed by atoms with Crippen LogP contribution in [0, 0.1) is 0 Å². The number of carboxylic acids is 1. The van der Waals surface area contributed by atoms with Crippen LogP contribution in [0.5, 0.6) is 17.2 Å². The molecular formula is C27H49NO7Si2. The Bertz CT molecular complexity index is 921. The van der Waals surface area contributed by atoms with Gasteiger partial charge in [-0.1, -0.05) is 41.5 Å². The van der Waals surface area contributed by atoms with E-state index in [1.807, 2.05) is 0 Å². The molecule has 8 nitrogen and oxygen atoms in total. The first-order valence-electron chi connectivity index (χ1n) is 12.7. The maximum atomic E-state index is 12.3. The van der Waals surface area contributed by atoms with Gasteiger partial charge < -0.3 is 28.7 Å². The van der Waals surface area contributed by atoms with E-state index in [-0.39, 0.29) is 16.5 Å². The number of rotatable bonds is 9. The highest BCUT2D eigenvalue weighted by Crippen LogP contribution is 2.47. The van der Waals surface area contributed by atoms with Gasteiger partial charge in [-0.05, 0) is 74.7 Å². The summed E-state index contributed by atoms with van der Waals surface area (Å²) < 4.78 is 24.4. The van der Waals surface area contributed by atoms with Crippen LogP contribution in [0.3, 0.4) is 0 Å². The lowest BCUT2D eigenvalue weighted by Gasteiger charge is -2.39. The largest absolute Gasteiger partial charge is 0.541 e. The monoisotopic (exact) mass is 555 g/mol. The highest BCUT2D eigenvalue weighted by atomic mass is 28.4. The Morgan fingerprint density at radius 3 is 1.57 bits per heavy atom. The molecule has 0 aromatic heterocycles. The maximum absolute atomic E-state index is 12.3. The van der Waals surface area contributed by atoms with E-state index < -0.39 is 40.3 Å². The van der Waals surface area contributed by atoms with Crippen LogP contribution in [0.25, 0.3) is 0 Å². The molecule has 0 aliphatic carbocycles. The summed E-state index contributed by atoms with van der Waals surface area (Å²) in [6.45, 7) is 26.6. The van der Waals surface area contributed by atoms with Crippen LogP contribution in [-0.2, 0) is 16.0 Å². The zero-order valence-electron chi connectivity index (χ0n) is 25.3. The van der Waals surface area contributed by atoms with E-state index >= 15 is 0 Å². The second-order valence-corrected chi connectivity index (χ2v) is 23.0. The van der Waals surface area contributed by atoms with Crippen molar-refractivity contribution in [3.8, 4) is 17.2 Å². The molecule has 1 aromatic rings. The number of aliphatic carboxylic acids is 1. The van der Waals surface area contributed by atoms with Crippen molar-refractivity contribution in [2.75, 3.05) is 7.11 Å². The van der Waals surface area contributed by atoms with E-state index in [2.05, 4.69) is 73.0 Å². The zero-order valence-corrected chi connectivity index (χ0v) is 27.3. The minimum absolute atomic E-state index is 0.0142. The Morgan fingerprint density at radius 2 is 1.27 bits per heavy atom. The highest BCUT2D eigenvalue weighted by Gasteiger charge is 2.42. The highest BCUT2D eigenvalue weighted by molar-refractivity contribution is 6.75. The molecule has 212 valence electrons. The molecule has 1 aromatic carbocycles. The number of benzene rings is 1. The Labute approximate surface area is 225 Å². The average Bonchev–Trinajstić information content (AvgIpc) is 2.63. The van der Waals surface area contributed by atoms with E-state index in [1.165, 1.54) is 0 Å². The van der Waals surface area contributed by atoms with Gasteiger partial charge in [0, 0.05) is 6.42 Å². The summed E-state index contributed by atoms with van der Waals surface area (Å²) >= 11 is 0. The molecule has 1 rings (SSSR count). The van der Waals surface area contributed by atoms with Crippen LogP contribution in [0.4, 0.5) is 4.79 Å². The third-order valence-corrected chi connectivity index (χ3v) is 15.7. The number of hydrogen-bond acceptors (Lipinski definition) is 6. The first kappa shape index (κ1) is 32.8. The maximum Gasteiger partial charge on any atom is 0.408 e. The van der Waals surface area contributed by atoms with Gasteiger partial charge in [-0.25, -0.2) is 9.59 Å². The number of methoxy groups -OCH3 is 1. The second kappa shape index (κ2) is 11.3. The first-order chi connectivity index (χ1) is 16.4. The summed E-state index contributed by atoms with van der Waals surface area (Å²) in [5.41, 5.74) is -0.103. The molecule has 0 radical (unpaired) electrons. The lowest BCUT2D eigenvalue weighted by molar-refractivity contribution is -0.139. The van der Waals surface area contributed by atoms with Crippen molar-refractivity contribution in [3.63, 3.8) is 0 Å². The summed E-state index contributed by atoms with van der Waals surface area (Å²) in [4.78, 5) is 24.4. The summed E-state index contributed by atoms with van der Waals surface area (Å²) in [7, 11) is -2.98. The molecule has 0 aliphatic heterocycles. The van der Waals surface area contributed by atoms with E-state index in [9.17, 15) is 14.7 Å². The molecule has 0 spiro atoms. The fourth-order valence-corrected chi connectivity index (χ4v) is 4.86. The second-order valence-electron chi connectivity index (χ2n) is 13.6. The van der Waals surface area contributed by atoms with Crippen LogP contribution in [-0.4, -0.2) is 52.6 Å². The smallest absolute Gasteiger partial charge is 0.408 e. The van der Waals surface area contributed by atoms with Crippen molar-refractivity contribution < 1.29 is 33.0 Å². The van der Waals surface area contributed by atoms with Gasteiger partial charge in [0.25, 0.3) is 16.6 Å². The van der Waals surface area contributed by atoms with Crippen LogP contribution in [0.2, 0.25) is 36.3 Å². The number of nitrogens with one attached hydrogen (secondary N) is 1. The predicted molar refractivity (Wildman–Crippen MR) is 153 cm³/mol. The van der Waals surface area contributed by atoms with Crippen molar-refractivity contribution in [1.29, 1.82) is 0 Å². The minimum Gasteiger partial charge on any atom is -0.541 e. The lowest BCUT2D eigenvalue weighted by Crippen LogP contribution is -2.45. The molecule has 10 heteroatoms. The average molecular weight is 556 g/mol. The molecule has 0 saturated heterocycles. The van der Waals surface area contributed by atoms with E-state index in [0.29, 0.717) is 22.8 Å². The number of alkyl carbamates (subject to hydrolysis) is 1. The lowest BCUT2D eigenvalue weighted by atomic mass is 10.0. The number of carboxylic acid groups (broad SMARTS) is 1. The van der Waals surface area contributed by atoms with Gasteiger partial charge in [-0.3, -0.25) is 0 Å². The normalized spacial score (nSPS) is 14.0. The standard InChI is InChI=1S/C27H49NO7Si2/c1-25(2,3)33-24(31)28-19(23(29)30)15-18-16-20(34-36(11,12)26(4,5)6)22(32-10)21(17-18)35-37(13,14)27(7,8)9/h16-17,19H,15H2,1-14H3,(H,28,31)(H,29,30)/t19-/m0/s1. The van der Waals surface area contributed by atoms with E-state index in [1.54, 1.807) is 40.0 Å². The number of hydrogen-bond donors (Lipinski definition) is 2. The van der Waals surface area contributed by atoms with Gasteiger partial charge in [-0.2, -0.15) is 0 Å². The van der Waals surface area contributed by atoms with Crippen LogP contribution < -0.4 is 18.9 Å².